The molecule has 1 aliphatic rings. The van der Waals surface area contributed by atoms with E-state index < -0.39 is 0 Å². The summed E-state index contributed by atoms with van der Waals surface area (Å²) in [6.45, 7) is 5.15. The maximum atomic E-state index is 10.3. The smallest absolute Gasteiger partial charge is 0.210 e. The molecule has 0 radical (unpaired) electrons. The average Bonchev–Trinajstić information content (AvgIpc) is 2.08. The standard InChI is InChI=1S/C7H13NO/c1-7(2)4-3-5-8(7)6-9/h6H,3-5H2,1-2H3. The quantitative estimate of drug-likeness (QED) is 0.481. The number of amides is 1. The first-order chi connectivity index (χ1) is 4.17. The van der Waals surface area contributed by atoms with Gasteiger partial charge in [0.05, 0.1) is 0 Å². The Labute approximate surface area is 55.8 Å². The minimum atomic E-state index is 0.127. The molecule has 1 rings (SSSR count). The van der Waals surface area contributed by atoms with E-state index >= 15 is 0 Å². The van der Waals surface area contributed by atoms with Gasteiger partial charge in [-0.1, -0.05) is 0 Å². The Bertz CT molecular complexity index is 120. The van der Waals surface area contributed by atoms with Gasteiger partial charge in [-0.15, -0.1) is 0 Å². The van der Waals surface area contributed by atoms with Crippen LogP contribution in [0, 0.1) is 0 Å². The Morgan fingerprint density at radius 2 is 2.22 bits per heavy atom. The molecular formula is C7H13NO. The van der Waals surface area contributed by atoms with Crippen molar-refractivity contribution in [3.8, 4) is 0 Å². The van der Waals surface area contributed by atoms with Crippen LogP contribution in [0.15, 0.2) is 0 Å². The molecule has 0 aliphatic carbocycles. The molecule has 0 spiro atoms. The molecule has 0 saturated carbocycles. The van der Waals surface area contributed by atoms with Gasteiger partial charge in [0.1, 0.15) is 0 Å². The van der Waals surface area contributed by atoms with Crippen molar-refractivity contribution in [1.82, 2.24) is 4.90 Å². The van der Waals surface area contributed by atoms with Crippen molar-refractivity contribution in [2.45, 2.75) is 32.2 Å². The molecule has 52 valence electrons. The second-order valence-electron chi connectivity index (χ2n) is 3.21. The number of hydrogen-bond donors (Lipinski definition) is 0. The van der Waals surface area contributed by atoms with Gasteiger partial charge in [-0.05, 0) is 26.7 Å². The van der Waals surface area contributed by atoms with Gasteiger partial charge in [-0.25, -0.2) is 0 Å². The van der Waals surface area contributed by atoms with Crippen LogP contribution >= 0.6 is 0 Å². The van der Waals surface area contributed by atoms with Gasteiger partial charge in [0.25, 0.3) is 0 Å². The van der Waals surface area contributed by atoms with Gasteiger partial charge in [-0.2, -0.15) is 0 Å². The van der Waals surface area contributed by atoms with Gasteiger partial charge in [0.2, 0.25) is 6.41 Å². The van der Waals surface area contributed by atoms with Crippen molar-refractivity contribution in [3.63, 3.8) is 0 Å². The van der Waals surface area contributed by atoms with Crippen LogP contribution in [-0.2, 0) is 4.79 Å². The van der Waals surface area contributed by atoms with Crippen molar-refractivity contribution in [1.29, 1.82) is 0 Å². The van der Waals surface area contributed by atoms with Crippen LogP contribution in [0.4, 0.5) is 0 Å². The normalized spacial score (nSPS) is 24.4. The number of carbonyl (C=O) groups excluding carboxylic acids is 1. The molecule has 1 amide bonds. The first-order valence-corrected chi connectivity index (χ1v) is 3.39. The van der Waals surface area contributed by atoms with Crippen molar-refractivity contribution >= 4 is 6.41 Å². The summed E-state index contributed by atoms with van der Waals surface area (Å²) in [4.78, 5) is 12.2. The minimum Gasteiger partial charge on any atom is -0.340 e. The summed E-state index contributed by atoms with van der Waals surface area (Å²) in [5.41, 5.74) is 0.127. The van der Waals surface area contributed by atoms with Crippen LogP contribution in [0.3, 0.4) is 0 Å². The lowest BCUT2D eigenvalue weighted by Crippen LogP contribution is -2.36. The SMILES string of the molecule is CC1(C)CCCN1C=O. The summed E-state index contributed by atoms with van der Waals surface area (Å²) < 4.78 is 0. The summed E-state index contributed by atoms with van der Waals surface area (Å²) in [7, 11) is 0. The molecule has 2 heteroatoms. The van der Waals surface area contributed by atoms with Crippen LogP contribution in [-0.4, -0.2) is 23.4 Å². The third-order valence-electron chi connectivity index (χ3n) is 2.09. The Hall–Kier alpha value is -0.530. The predicted octanol–water partition coefficient (Wildman–Crippen LogP) is 1.02. The van der Waals surface area contributed by atoms with E-state index in [0.717, 1.165) is 25.8 Å². The summed E-state index contributed by atoms with van der Waals surface area (Å²) in [5.74, 6) is 0. The molecule has 0 bridgehead atoms. The summed E-state index contributed by atoms with van der Waals surface area (Å²) in [5, 5.41) is 0. The van der Waals surface area contributed by atoms with E-state index in [9.17, 15) is 4.79 Å². The van der Waals surface area contributed by atoms with Crippen LogP contribution in [0.5, 0.6) is 0 Å². The van der Waals surface area contributed by atoms with E-state index in [1.54, 1.807) is 0 Å². The maximum absolute atomic E-state index is 10.3. The zero-order chi connectivity index (χ0) is 6.91. The summed E-state index contributed by atoms with van der Waals surface area (Å²) in [6.07, 6.45) is 3.25. The molecule has 0 atom stereocenters. The van der Waals surface area contributed by atoms with Crippen LogP contribution in [0.2, 0.25) is 0 Å². The fraction of sp³-hybridized carbons (Fsp3) is 0.857. The molecule has 1 aliphatic heterocycles. The van der Waals surface area contributed by atoms with Gasteiger partial charge < -0.3 is 4.90 Å². The van der Waals surface area contributed by atoms with Gasteiger partial charge in [-0.3, -0.25) is 4.79 Å². The number of hydrogen-bond acceptors (Lipinski definition) is 1. The lowest BCUT2D eigenvalue weighted by Gasteiger charge is -2.27. The second-order valence-corrected chi connectivity index (χ2v) is 3.21. The van der Waals surface area contributed by atoms with Gasteiger partial charge in [0.15, 0.2) is 0 Å². The molecule has 0 aromatic carbocycles. The molecule has 0 unspecified atom stereocenters. The molecule has 0 aromatic rings. The van der Waals surface area contributed by atoms with Crippen LogP contribution in [0.25, 0.3) is 0 Å². The van der Waals surface area contributed by atoms with Crippen LogP contribution < -0.4 is 0 Å². The van der Waals surface area contributed by atoms with Gasteiger partial charge in [0, 0.05) is 12.1 Å². The molecule has 1 fully saturated rings. The molecule has 1 saturated heterocycles. The highest BCUT2D eigenvalue weighted by molar-refractivity contribution is 5.49. The number of carbonyl (C=O) groups is 1. The van der Waals surface area contributed by atoms with Gasteiger partial charge >= 0.3 is 0 Å². The first kappa shape index (κ1) is 6.59. The van der Waals surface area contributed by atoms with E-state index in [2.05, 4.69) is 13.8 Å². The highest BCUT2D eigenvalue weighted by Crippen LogP contribution is 2.25. The van der Waals surface area contributed by atoms with Crippen molar-refractivity contribution < 1.29 is 4.79 Å². The molecule has 2 nitrogen and oxygen atoms in total. The lowest BCUT2D eigenvalue weighted by molar-refractivity contribution is -0.120. The van der Waals surface area contributed by atoms with E-state index in [0.29, 0.717) is 0 Å². The van der Waals surface area contributed by atoms with Crippen molar-refractivity contribution in [2.24, 2.45) is 0 Å². The van der Waals surface area contributed by atoms with E-state index in [-0.39, 0.29) is 5.54 Å². The molecule has 0 N–H and O–H groups in total. The average molecular weight is 127 g/mol. The number of rotatable bonds is 1. The monoisotopic (exact) mass is 127 g/mol. The van der Waals surface area contributed by atoms with E-state index in [1.165, 1.54) is 0 Å². The zero-order valence-electron chi connectivity index (χ0n) is 6.05. The van der Waals surface area contributed by atoms with E-state index in [4.69, 9.17) is 0 Å². The number of nitrogens with zero attached hydrogens (tertiary/aromatic N) is 1. The molecule has 0 aromatic heterocycles. The van der Waals surface area contributed by atoms with Crippen LogP contribution in [0.1, 0.15) is 26.7 Å². The Kier molecular flexibility index (Phi) is 1.47. The Balaban J connectivity index is 2.62. The van der Waals surface area contributed by atoms with Crippen molar-refractivity contribution in [2.75, 3.05) is 6.54 Å². The van der Waals surface area contributed by atoms with Crippen molar-refractivity contribution in [3.05, 3.63) is 0 Å². The maximum Gasteiger partial charge on any atom is 0.210 e. The highest BCUT2D eigenvalue weighted by atomic mass is 16.1. The number of likely N-dealkylation sites (tertiary alicyclic amines) is 1. The molecule has 9 heavy (non-hydrogen) atoms. The third kappa shape index (κ3) is 1.07. The summed E-state index contributed by atoms with van der Waals surface area (Å²) >= 11 is 0. The molecular weight excluding hydrogens is 114 g/mol. The minimum absolute atomic E-state index is 0.127. The largest absolute Gasteiger partial charge is 0.340 e. The second kappa shape index (κ2) is 2.01. The fourth-order valence-electron chi connectivity index (χ4n) is 1.32. The zero-order valence-corrected chi connectivity index (χ0v) is 6.05. The summed E-state index contributed by atoms with van der Waals surface area (Å²) in [6, 6.07) is 0. The Morgan fingerprint density at radius 1 is 1.56 bits per heavy atom. The fourth-order valence-corrected chi connectivity index (χ4v) is 1.32. The third-order valence-corrected chi connectivity index (χ3v) is 2.09. The first-order valence-electron chi connectivity index (χ1n) is 3.39. The Morgan fingerprint density at radius 3 is 2.44 bits per heavy atom. The van der Waals surface area contributed by atoms with E-state index in [1.807, 2.05) is 4.90 Å². The topological polar surface area (TPSA) is 20.3 Å². The molecule has 1 heterocycles. The predicted molar refractivity (Wildman–Crippen MR) is 36.1 cm³/mol. The highest BCUT2D eigenvalue weighted by Gasteiger charge is 2.30. The lowest BCUT2D eigenvalue weighted by atomic mass is 10.0.